The number of benzene rings is 8. The van der Waals surface area contributed by atoms with E-state index in [1.807, 2.05) is 0 Å². The first kappa shape index (κ1) is 50.9. The second-order valence-electron chi connectivity index (χ2n) is 29.2. The van der Waals surface area contributed by atoms with E-state index in [9.17, 15) is 0 Å². The third-order valence-electron chi connectivity index (χ3n) is 20.0. The van der Waals surface area contributed by atoms with Crippen molar-refractivity contribution in [2.45, 2.75) is 175 Å². The van der Waals surface area contributed by atoms with Gasteiger partial charge in [-0.05, 0) is 227 Å². The number of rotatable bonds is 4. The zero-order chi connectivity index (χ0) is 55.0. The number of aryl methyl sites for hydroxylation is 2. The van der Waals surface area contributed by atoms with Crippen molar-refractivity contribution in [1.82, 2.24) is 0 Å². The van der Waals surface area contributed by atoms with Crippen LogP contribution in [0, 0.1) is 13.8 Å². The average molecular weight is 1020 g/mol. The summed E-state index contributed by atoms with van der Waals surface area (Å²) < 4.78 is 0. The minimum Gasteiger partial charge on any atom is -0.311 e. The molecule has 0 saturated carbocycles. The van der Waals surface area contributed by atoms with Gasteiger partial charge in [-0.15, -0.1) is 0 Å². The summed E-state index contributed by atoms with van der Waals surface area (Å²) in [4.78, 5) is 5.49. The van der Waals surface area contributed by atoms with Gasteiger partial charge in [0.25, 0.3) is 6.71 Å². The fraction of sp³-hybridized carbons (Fsp3) is 0.360. The lowest BCUT2D eigenvalue weighted by molar-refractivity contribution is 0.332. The van der Waals surface area contributed by atoms with Gasteiger partial charge in [-0.2, -0.15) is 0 Å². The lowest BCUT2D eigenvalue weighted by atomic mass is 9.32. The second kappa shape index (κ2) is 17.0. The van der Waals surface area contributed by atoms with Crippen LogP contribution >= 0.6 is 0 Å². The zero-order valence-electron chi connectivity index (χ0n) is 49.8. The fourth-order valence-electron chi connectivity index (χ4n) is 15.0. The Morgan fingerprint density at radius 1 is 0.410 bits per heavy atom. The highest BCUT2D eigenvalue weighted by atomic mass is 15.2. The second-order valence-corrected chi connectivity index (χ2v) is 29.2. The third-order valence-corrected chi connectivity index (χ3v) is 20.0. The first-order chi connectivity index (χ1) is 36.7. The largest absolute Gasteiger partial charge is 0.311 e. The number of nitrogens with zero attached hydrogens (tertiary/aromatic N) is 2. The fourth-order valence-corrected chi connectivity index (χ4v) is 15.0. The van der Waals surface area contributed by atoms with Gasteiger partial charge < -0.3 is 9.80 Å². The third kappa shape index (κ3) is 7.70. The van der Waals surface area contributed by atoms with E-state index in [2.05, 4.69) is 260 Å². The molecule has 8 aromatic carbocycles. The Labute approximate surface area is 468 Å². The predicted octanol–water partition coefficient (Wildman–Crippen LogP) is 18.6. The zero-order valence-corrected chi connectivity index (χ0v) is 49.8. The van der Waals surface area contributed by atoms with Crippen LogP contribution in [0.1, 0.15) is 178 Å². The summed E-state index contributed by atoms with van der Waals surface area (Å²) in [5, 5.41) is 0. The van der Waals surface area contributed by atoms with E-state index in [-0.39, 0.29) is 39.2 Å². The van der Waals surface area contributed by atoms with E-state index in [4.69, 9.17) is 0 Å². The van der Waals surface area contributed by atoms with Crippen molar-refractivity contribution in [3.05, 3.63) is 195 Å². The summed E-state index contributed by atoms with van der Waals surface area (Å²) in [5.41, 5.74) is 34.1. The highest BCUT2D eigenvalue weighted by Crippen LogP contribution is 2.55. The highest BCUT2D eigenvalue weighted by Gasteiger charge is 2.49. The number of fused-ring (bicyclic) bond motifs is 10. The summed E-state index contributed by atoms with van der Waals surface area (Å²) >= 11 is 0. The Kier molecular flexibility index (Phi) is 11.1. The standard InChI is InChI=1S/C75H81BN2/c1-45-21-20-22-46(2)67(45)49-39-65-69-66(40-49)78(62-31-26-51(71(6,7)8)41-55(62)47-23-18-17-19-24-47)63-32-29-54-53-28-25-50(70(3,4)5)37-48(53)38-56(54)68(63)76(69)61-43-59-60(75(15,16)36-35-74(59,13)14)44-64(61)77(65)52-27-30-57-58(42-52)73(11,12)34-33-72(57,9)10/h17-32,37,39-44H,33-36,38H2,1-16H3. The van der Waals surface area contributed by atoms with Crippen molar-refractivity contribution >= 4 is 57.2 Å². The van der Waals surface area contributed by atoms with Crippen LogP contribution in [0.3, 0.4) is 0 Å². The summed E-state index contributed by atoms with van der Waals surface area (Å²) in [6.07, 6.45) is 5.57. The van der Waals surface area contributed by atoms with Gasteiger partial charge in [-0.3, -0.25) is 0 Å². The molecule has 0 spiro atoms. The predicted molar refractivity (Wildman–Crippen MR) is 337 cm³/mol. The summed E-state index contributed by atoms with van der Waals surface area (Å²) in [6, 6.07) is 56.1. The van der Waals surface area contributed by atoms with Gasteiger partial charge in [0.1, 0.15) is 0 Å². The number of hydrogen-bond donors (Lipinski definition) is 0. The van der Waals surface area contributed by atoms with Gasteiger partial charge in [-0.25, -0.2) is 0 Å². The highest BCUT2D eigenvalue weighted by molar-refractivity contribution is 7.00. The van der Waals surface area contributed by atoms with Crippen LogP contribution in [-0.4, -0.2) is 6.71 Å². The van der Waals surface area contributed by atoms with Gasteiger partial charge in [0, 0.05) is 34.0 Å². The molecule has 2 nitrogen and oxygen atoms in total. The first-order valence-corrected chi connectivity index (χ1v) is 29.4. The number of anilines is 6. The molecule has 3 aliphatic carbocycles. The lowest BCUT2D eigenvalue weighted by Gasteiger charge is -2.48. The molecule has 0 amide bonds. The Bertz CT molecular complexity index is 3810. The molecule has 0 atom stereocenters. The Morgan fingerprint density at radius 2 is 0.962 bits per heavy atom. The summed E-state index contributed by atoms with van der Waals surface area (Å²) in [7, 11) is 0. The van der Waals surface area contributed by atoms with E-state index in [0.29, 0.717) is 0 Å². The Hall–Kier alpha value is -6.58. The molecule has 0 bridgehead atoms. The smallest absolute Gasteiger partial charge is 0.252 e. The van der Waals surface area contributed by atoms with Crippen LogP contribution in [0.5, 0.6) is 0 Å². The SMILES string of the molecule is Cc1cccc(C)c1-c1cc2c3c(c1)N(c1ccc(C(C)(C)C)cc1-c1ccccc1)c1ccc4c(c1B3c1cc3c(cc1N2c1ccc2c(c1)C(C)(C)CCC2(C)C)C(C)(C)CCC3(C)C)Cc1cc(C(C)(C)C)ccc1-4. The molecule has 5 aliphatic rings. The van der Waals surface area contributed by atoms with Crippen molar-refractivity contribution in [1.29, 1.82) is 0 Å². The first-order valence-electron chi connectivity index (χ1n) is 29.4. The van der Waals surface area contributed by atoms with E-state index >= 15 is 0 Å². The average Bonchev–Trinajstić information content (AvgIpc) is 3.60. The van der Waals surface area contributed by atoms with E-state index < -0.39 is 0 Å². The van der Waals surface area contributed by atoms with Crippen LogP contribution in [0.15, 0.2) is 140 Å². The summed E-state index contributed by atoms with van der Waals surface area (Å²) in [5.74, 6) is 0. The lowest BCUT2D eigenvalue weighted by Crippen LogP contribution is -2.62. The molecule has 0 saturated heterocycles. The molecule has 0 unspecified atom stereocenters. The van der Waals surface area contributed by atoms with Crippen molar-refractivity contribution < 1.29 is 0 Å². The van der Waals surface area contributed by atoms with Crippen molar-refractivity contribution in [3.63, 3.8) is 0 Å². The molecule has 2 heterocycles. The van der Waals surface area contributed by atoms with E-state index in [1.54, 1.807) is 0 Å². The van der Waals surface area contributed by atoms with Crippen LogP contribution in [0.4, 0.5) is 34.1 Å². The van der Waals surface area contributed by atoms with Gasteiger partial charge in [0.2, 0.25) is 0 Å². The maximum atomic E-state index is 2.76. The van der Waals surface area contributed by atoms with Crippen LogP contribution in [0.25, 0.3) is 33.4 Å². The molecule has 2 aliphatic heterocycles. The molecule has 78 heavy (non-hydrogen) atoms. The van der Waals surface area contributed by atoms with Crippen molar-refractivity contribution in [2.24, 2.45) is 0 Å². The normalized spacial score (nSPS) is 17.8. The van der Waals surface area contributed by atoms with E-state index in [1.165, 1.54) is 146 Å². The summed E-state index contributed by atoms with van der Waals surface area (Å²) in [6.45, 7) is 38.7. The molecule has 0 N–H and O–H groups in total. The molecule has 0 fully saturated rings. The van der Waals surface area contributed by atoms with Crippen LogP contribution in [-0.2, 0) is 38.9 Å². The topological polar surface area (TPSA) is 6.48 Å². The molecule has 394 valence electrons. The van der Waals surface area contributed by atoms with E-state index in [0.717, 1.165) is 25.7 Å². The molecule has 0 radical (unpaired) electrons. The van der Waals surface area contributed by atoms with Crippen molar-refractivity contribution in [2.75, 3.05) is 9.80 Å². The minimum atomic E-state index is -0.0444. The molecule has 8 aromatic rings. The molecular weight excluding hydrogens is 940 g/mol. The maximum absolute atomic E-state index is 2.76. The number of hydrogen-bond acceptors (Lipinski definition) is 2. The molecular formula is C75H81BN2. The quantitative estimate of drug-likeness (QED) is 0.162. The molecule has 13 rings (SSSR count). The van der Waals surface area contributed by atoms with Gasteiger partial charge in [0.15, 0.2) is 0 Å². The molecule has 0 aromatic heterocycles. The Balaban J connectivity index is 1.21. The minimum absolute atomic E-state index is 0.0148. The van der Waals surface area contributed by atoms with Gasteiger partial charge in [0.05, 0.1) is 5.69 Å². The monoisotopic (exact) mass is 1020 g/mol. The Morgan fingerprint density at radius 3 is 1.60 bits per heavy atom. The maximum Gasteiger partial charge on any atom is 0.252 e. The van der Waals surface area contributed by atoms with Gasteiger partial charge >= 0.3 is 0 Å². The van der Waals surface area contributed by atoms with Gasteiger partial charge in [-0.1, -0.05) is 188 Å². The van der Waals surface area contributed by atoms with Crippen LogP contribution < -0.4 is 26.2 Å². The molecule has 3 heteroatoms. The van der Waals surface area contributed by atoms with Crippen molar-refractivity contribution in [3.8, 4) is 33.4 Å². The van der Waals surface area contributed by atoms with Crippen LogP contribution in [0.2, 0.25) is 0 Å².